The Bertz CT molecular complexity index is 171. The minimum absolute atomic E-state index is 0.604. The highest BCUT2D eigenvalue weighted by Crippen LogP contribution is 1.89. The molecule has 0 fully saturated rings. The summed E-state index contributed by atoms with van der Waals surface area (Å²) in [6, 6.07) is 0. The fourth-order valence-corrected chi connectivity index (χ4v) is 0.283. The predicted octanol–water partition coefficient (Wildman–Crippen LogP) is -0.136. The molecule has 0 saturated carbocycles. The van der Waals surface area contributed by atoms with Crippen LogP contribution >= 0.6 is 0 Å². The van der Waals surface area contributed by atoms with Crippen LogP contribution in [-0.4, -0.2) is 24.3 Å². The van der Waals surface area contributed by atoms with Gasteiger partial charge in [-0.1, -0.05) is 6.58 Å². The summed E-state index contributed by atoms with van der Waals surface area (Å²) in [4.78, 5) is 0. The molecule has 0 amide bonds. The van der Waals surface area contributed by atoms with Gasteiger partial charge in [0.25, 0.3) is 0 Å². The van der Waals surface area contributed by atoms with Crippen LogP contribution in [0.25, 0.3) is 0 Å². The fraction of sp³-hybridized carbons (Fsp3) is 0.333. The predicted molar refractivity (Wildman–Crippen MR) is 29.5 cm³/mol. The quantitative estimate of drug-likeness (QED) is 0.539. The molecule has 0 aromatic heterocycles. The van der Waals surface area contributed by atoms with Crippen LogP contribution in [-0.2, 0) is 10.3 Å². The van der Waals surface area contributed by atoms with E-state index in [1.54, 1.807) is 0 Å². The molecular formula is C3H7NO3S. The second kappa shape index (κ2) is 2.15. The first-order chi connectivity index (χ1) is 3.48. The van der Waals surface area contributed by atoms with Gasteiger partial charge in [-0.25, -0.2) is 0 Å². The van der Waals surface area contributed by atoms with Crippen molar-refractivity contribution < 1.29 is 13.0 Å². The van der Waals surface area contributed by atoms with E-state index in [9.17, 15) is 8.42 Å². The zero-order valence-corrected chi connectivity index (χ0v) is 5.22. The largest absolute Gasteiger partial charge is 0.359 e. The van der Waals surface area contributed by atoms with Crippen LogP contribution in [0.4, 0.5) is 0 Å². The zero-order valence-electron chi connectivity index (χ0n) is 4.40. The van der Waals surface area contributed by atoms with E-state index in [2.05, 4.69) is 6.58 Å². The normalized spacial score (nSPS) is 10.8. The van der Waals surface area contributed by atoms with Crippen LogP contribution in [0.15, 0.2) is 12.8 Å². The van der Waals surface area contributed by atoms with Gasteiger partial charge in [-0.3, -0.25) is 8.86 Å². The zero-order chi connectivity index (χ0) is 6.78. The van der Waals surface area contributed by atoms with Crippen molar-refractivity contribution in [3.63, 3.8) is 0 Å². The van der Waals surface area contributed by atoms with Gasteiger partial charge in [-0.2, -0.15) is 8.42 Å². The van der Waals surface area contributed by atoms with Crippen molar-refractivity contribution in [3.05, 3.63) is 12.8 Å². The van der Waals surface area contributed by atoms with Crippen molar-refractivity contribution in [1.29, 1.82) is 0 Å². The third-order valence-corrected chi connectivity index (χ3v) is 1.50. The summed E-state index contributed by atoms with van der Waals surface area (Å²) in [6.45, 7) is 3.11. The van der Waals surface area contributed by atoms with Gasteiger partial charge in [0.2, 0.25) is 0 Å². The molecule has 0 spiro atoms. The van der Waals surface area contributed by atoms with Gasteiger partial charge >= 0.3 is 10.3 Å². The molecule has 0 saturated heterocycles. The van der Waals surface area contributed by atoms with Crippen molar-refractivity contribution in [3.8, 4) is 0 Å². The van der Waals surface area contributed by atoms with Crippen LogP contribution < -0.4 is 0 Å². The molecule has 0 radical (unpaired) electrons. The average Bonchev–Trinajstić information content (AvgIpc) is 1.62. The van der Waals surface area contributed by atoms with E-state index < -0.39 is 10.3 Å². The molecular weight excluding hydrogens is 130 g/mol. The Kier molecular flexibility index (Phi) is 2.00. The maximum absolute atomic E-state index is 9.97. The highest BCUT2D eigenvalue weighted by Gasteiger charge is 2.05. The molecule has 0 aliphatic carbocycles. The Morgan fingerprint density at radius 2 is 2.12 bits per heavy atom. The second-order valence-corrected chi connectivity index (χ2v) is 2.65. The molecule has 0 bridgehead atoms. The molecule has 8 heavy (non-hydrogen) atoms. The SMILES string of the molecule is C=CN(C)S(=O)(=O)O. The van der Waals surface area contributed by atoms with Crippen molar-refractivity contribution >= 4 is 10.3 Å². The van der Waals surface area contributed by atoms with Gasteiger partial charge < -0.3 is 0 Å². The lowest BCUT2D eigenvalue weighted by Gasteiger charge is -2.05. The lowest BCUT2D eigenvalue weighted by Crippen LogP contribution is -2.19. The second-order valence-electron chi connectivity index (χ2n) is 1.18. The number of rotatable bonds is 2. The van der Waals surface area contributed by atoms with E-state index in [0.717, 1.165) is 6.20 Å². The Hall–Kier alpha value is -0.550. The average molecular weight is 137 g/mol. The first kappa shape index (κ1) is 7.45. The lowest BCUT2D eigenvalue weighted by molar-refractivity contribution is 0.429. The van der Waals surface area contributed by atoms with Crippen molar-refractivity contribution in [2.45, 2.75) is 0 Å². The smallest absolute Gasteiger partial charge is 0.269 e. The minimum atomic E-state index is -4.04. The van der Waals surface area contributed by atoms with Gasteiger partial charge in [-0.15, -0.1) is 0 Å². The molecule has 0 atom stereocenters. The van der Waals surface area contributed by atoms with E-state index >= 15 is 0 Å². The molecule has 0 heterocycles. The maximum atomic E-state index is 9.97. The third kappa shape index (κ3) is 1.94. The summed E-state index contributed by atoms with van der Waals surface area (Å²) in [5, 5.41) is 0. The van der Waals surface area contributed by atoms with Gasteiger partial charge in [0.1, 0.15) is 0 Å². The minimum Gasteiger partial charge on any atom is -0.269 e. The van der Waals surface area contributed by atoms with Crippen molar-refractivity contribution in [2.24, 2.45) is 0 Å². The van der Waals surface area contributed by atoms with Crippen LogP contribution in [0.5, 0.6) is 0 Å². The molecule has 0 unspecified atom stereocenters. The van der Waals surface area contributed by atoms with Crippen molar-refractivity contribution in [1.82, 2.24) is 4.31 Å². The van der Waals surface area contributed by atoms with Crippen molar-refractivity contribution in [2.75, 3.05) is 7.05 Å². The third-order valence-electron chi connectivity index (χ3n) is 0.621. The van der Waals surface area contributed by atoms with Gasteiger partial charge in [0, 0.05) is 13.2 Å². The summed E-state index contributed by atoms with van der Waals surface area (Å²) < 4.78 is 28.7. The summed E-state index contributed by atoms with van der Waals surface area (Å²) >= 11 is 0. The highest BCUT2D eigenvalue weighted by atomic mass is 32.2. The van der Waals surface area contributed by atoms with Crippen LogP contribution in [0, 0.1) is 0 Å². The Labute approximate surface area is 48.3 Å². The van der Waals surface area contributed by atoms with E-state index in [-0.39, 0.29) is 0 Å². The monoisotopic (exact) mass is 137 g/mol. The molecule has 0 aromatic rings. The number of hydrogen-bond acceptors (Lipinski definition) is 2. The highest BCUT2D eigenvalue weighted by molar-refractivity contribution is 7.83. The van der Waals surface area contributed by atoms with Crippen LogP contribution in [0.3, 0.4) is 0 Å². The summed E-state index contributed by atoms with van der Waals surface area (Å²) in [5.74, 6) is 0. The Morgan fingerprint density at radius 3 is 2.12 bits per heavy atom. The van der Waals surface area contributed by atoms with Crippen LogP contribution in [0.1, 0.15) is 0 Å². The first-order valence-electron chi connectivity index (χ1n) is 1.81. The summed E-state index contributed by atoms with van der Waals surface area (Å²) in [7, 11) is -2.85. The van der Waals surface area contributed by atoms with E-state index in [0.29, 0.717) is 4.31 Å². The molecule has 0 rings (SSSR count). The topological polar surface area (TPSA) is 57.6 Å². The molecule has 5 heteroatoms. The summed E-state index contributed by atoms with van der Waals surface area (Å²) in [6.07, 6.45) is 0.995. The first-order valence-corrected chi connectivity index (χ1v) is 3.21. The number of nitrogens with zero attached hydrogens (tertiary/aromatic N) is 1. The Morgan fingerprint density at radius 1 is 1.75 bits per heavy atom. The van der Waals surface area contributed by atoms with E-state index in [4.69, 9.17) is 4.55 Å². The molecule has 4 nitrogen and oxygen atoms in total. The lowest BCUT2D eigenvalue weighted by atomic mass is 11.0. The molecule has 1 N–H and O–H groups in total. The van der Waals surface area contributed by atoms with Gasteiger partial charge in [0.05, 0.1) is 0 Å². The van der Waals surface area contributed by atoms with E-state index in [1.165, 1.54) is 7.05 Å². The fourth-order valence-electron chi connectivity index (χ4n) is 0.0942. The molecule has 0 aliphatic heterocycles. The molecule has 0 aliphatic rings. The number of hydrogen-bond donors (Lipinski definition) is 1. The van der Waals surface area contributed by atoms with E-state index in [1.807, 2.05) is 0 Å². The van der Waals surface area contributed by atoms with Gasteiger partial charge in [-0.05, 0) is 0 Å². The maximum Gasteiger partial charge on any atom is 0.359 e. The molecule has 48 valence electrons. The molecule has 0 aromatic carbocycles. The van der Waals surface area contributed by atoms with Crippen LogP contribution in [0.2, 0.25) is 0 Å². The van der Waals surface area contributed by atoms with Gasteiger partial charge in [0.15, 0.2) is 0 Å². The standard InChI is InChI=1S/C3H7NO3S/c1-3-4(2)8(5,6)7/h3H,1H2,2H3,(H,5,6,7). The Balaban J connectivity index is 4.26. The summed E-state index contributed by atoms with van der Waals surface area (Å²) in [5.41, 5.74) is 0.